The Morgan fingerprint density at radius 1 is 1.03 bits per heavy atom. The summed E-state index contributed by atoms with van der Waals surface area (Å²) >= 11 is 0. The lowest BCUT2D eigenvalue weighted by Gasteiger charge is -2.20. The third kappa shape index (κ3) is 5.16. The molecule has 1 unspecified atom stereocenters. The van der Waals surface area contributed by atoms with E-state index in [2.05, 4.69) is 5.32 Å². The molecule has 2 aromatic carbocycles. The Morgan fingerprint density at radius 3 is 2.10 bits per heavy atom. The van der Waals surface area contributed by atoms with Crippen LogP contribution in [0.1, 0.15) is 48.3 Å². The molecule has 0 aliphatic heterocycles. The van der Waals surface area contributed by atoms with Gasteiger partial charge in [-0.1, -0.05) is 38.1 Å². The first-order valence-electron chi connectivity index (χ1n) is 9.09. The topological polar surface area (TPSA) is 66.5 Å². The van der Waals surface area contributed by atoms with Crippen molar-refractivity contribution < 1.29 is 26.4 Å². The summed E-state index contributed by atoms with van der Waals surface area (Å²) in [7, 11) is -3.61. The molecule has 29 heavy (non-hydrogen) atoms. The third-order valence-corrected chi connectivity index (χ3v) is 6.61. The van der Waals surface area contributed by atoms with Gasteiger partial charge in [-0.3, -0.25) is 4.79 Å². The lowest BCUT2D eigenvalue weighted by molar-refractivity contribution is -0.137. The lowest BCUT2D eigenvalue weighted by Crippen LogP contribution is -2.31. The van der Waals surface area contributed by atoms with E-state index in [0.717, 1.165) is 12.1 Å². The fourth-order valence-electron chi connectivity index (χ4n) is 2.93. The van der Waals surface area contributed by atoms with E-state index in [1.54, 1.807) is 20.8 Å². The molecule has 1 N–H and O–H groups in total. The smallest absolute Gasteiger partial charge is 0.346 e. The van der Waals surface area contributed by atoms with Crippen LogP contribution in [0, 0.1) is 0 Å². The van der Waals surface area contributed by atoms with Gasteiger partial charge in [0.25, 0.3) is 5.91 Å². The highest BCUT2D eigenvalue weighted by atomic mass is 32.2. The average Bonchev–Trinajstić information content (AvgIpc) is 2.68. The van der Waals surface area contributed by atoms with Crippen molar-refractivity contribution >= 4 is 15.9 Å². The summed E-state index contributed by atoms with van der Waals surface area (Å²) in [5.74, 6) is -0.856. The maximum atomic E-state index is 13.1. The van der Waals surface area contributed by atoms with Gasteiger partial charge in [0, 0.05) is 13.1 Å². The molecule has 0 fully saturated rings. The fourth-order valence-corrected chi connectivity index (χ4v) is 4.39. The van der Waals surface area contributed by atoms with Crippen molar-refractivity contribution in [3.8, 4) is 0 Å². The fraction of sp³-hybridized carbons (Fsp3) is 0.350. The summed E-state index contributed by atoms with van der Waals surface area (Å²) in [5.41, 5.74) is -0.903. The highest BCUT2D eigenvalue weighted by Crippen LogP contribution is 2.32. The van der Waals surface area contributed by atoms with Crippen molar-refractivity contribution in [2.75, 3.05) is 13.1 Å². The molecule has 158 valence electrons. The molecule has 0 aliphatic rings. The van der Waals surface area contributed by atoms with Gasteiger partial charge < -0.3 is 5.32 Å². The molecule has 0 heterocycles. The first kappa shape index (κ1) is 22.9. The first-order valence-corrected chi connectivity index (χ1v) is 10.5. The second-order valence-electron chi connectivity index (χ2n) is 6.40. The highest BCUT2D eigenvalue weighted by molar-refractivity contribution is 7.89. The van der Waals surface area contributed by atoms with Crippen LogP contribution in [0.4, 0.5) is 13.2 Å². The number of benzene rings is 2. The van der Waals surface area contributed by atoms with Crippen LogP contribution in [0.15, 0.2) is 53.4 Å². The number of hydrogen-bond acceptors (Lipinski definition) is 3. The number of halogens is 3. The Bertz CT molecular complexity index is 954. The van der Waals surface area contributed by atoms with E-state index in [4.69, 9.17) is 0 Å². The molecule has 9 heteroatoms. The van der Waals surface area contributed by atoms with Crippen molar-refractivity contribution in [1.82, 2.24) is 9.62 Å². The second kappa shape index (κ2) is 8.96. The summed E-state index contributed by atoms with van der Waals surface area (Å²) in [6, 6.07) is 9.86. The van der Waals surface area contributed by atoms with Gasteiger partial charge in [0.2, 0.25) is 10.0 Å². The second-order valence-corrected chi connectivity index (χ2v) is 8.33. The van der Waals surface area contributed by atoms with Crippen LogP contribution in [0.25, 0.3) is 0 Å². The van der Waals surface area contributed by atoms with Crippen LogP contribution in [0.2, 0.25) is 0 Å². The molecule has 0 spiro atoms. The zero-order valence-electron chi connectivity index (χ0n) is 16.3. The summed E-state index contributed by atoms with van der Waals surface area (Å²) in [4.78, 5) is 12.5. The Labute approximate surface area is 168 Å². The van der Waals surface area contributed by atoms with Crippen molar-refractivity contribution in [3.05, 3.63) is 65.2 Å². The molecule has 0 bridgehead atoms. The Morgan fingerprint density at radius 2 is 1.59 bits per heavy atom. The van der Waals surface area contributed by atoms with Crippen LogP contribution in [-0.4, -0.2) is 31.7 Å². The Balaban J connectivity index is 2.21. The normalized spacial score (nSPS) is 13.3. The van der Waals surface area contributed by atoms with Gasteiger partial charge in [-0.15, -0.1) is 0 Å². The first-order chi connectivity index (χ1) is 13.5. The van der Waals surface area contributed by atoms with Gasteiger partial charge in [0.05, 0.1) is 22.1 Å². The SMILES string of the molecule is CCN(CC)S(=O)(=O)c1ccc(C(C)NC(=O)c2ccccc2C(F)(F)F)cc1. The predicted molar refractivity (Wildman–Crippen MR) is 104 cm³/mol. The molecule has 5 nitrogen and oxygen atoms in total. The summed E-state index contributed by atoms with van der Waals surface area (Å²) in [5, 5.41) is 2.53. The van der Waals surface area contributed by atoms with E-state index < -0.39 is 39.3 Å². The van der Waals surface area contributed by atoms with Gasteiger partial charge in [0.1, 0.15) is 0 Å². The number of alkyl halides is 3. The zero-order valence-corrected chi connectivity index (χ0v) is 17.1. The minimum absolute atomic E-state index is 0.117. The molecular weight excluding hydrogens is 405 g/mol. The Kier molecular flexibility index (Phi) is 7.07. The predicted octanol–water partition coefficient (Wildman–Crippen LogP) is 4.23. The number of rotatable bonds is 7. The number of hydrogen-bond donors (Lipinski definition) is 1. The summed E-state index contributed by atoms with van der Waals surface area (Å²) in [6.45, 7) is 5.77. The van der Waals surface area contributed by atoms with Crippen LogP contribution in [-0.2, 0) is 16.2 Å². The number of sulfonamides is 1. The molecule has 1 atom stereocenters. The lowest BCUT2D eigenvalue weighted by atomic mass is 10.0. The molecule has 0 aliphatic carbocycles. The Hall–Kier alpha value is -2.39. The van der Waals surface area contributed by atoms with Crippen LogP contribution in [0.3, 0.4) is 0 Å². The standard InChI is InChI=1S/C20H23F3N2O3S/c1-4-25(5-2)29(27,28)16-12-10-15(11-13-16)14(3)24-19(26)17-8-6-7-9-18(17)20(21,22)23/h6-14H,4-5H2,1-3H3,(H,24,26). The van der Waals surface area contributed by atoms with Crippen LogP contribution in [0.5, 0.6) is 0 Å². The molecule has 1 amide bonds. The van der Waals surface area contributed by atoms with Gasteiger partial charge >= 0.3 is 6.18 Å². The monoisotopic (exact) mass is 428 g/mol. The molecule has 0 aromatic heterocycles. The van der Waals surface area contributed by atoms with Crippen molar-refractivity contribution in [1.29, 1.82) is 0 Å². The summed E-state index contributed by atoms with van der Waals surface area (Å²) < 4.78 is 65.7. The van der Waals surface area contributed by atoms with E-state index in [1.807, 2.05) is 0 Å². The van der Waals surface area contributed by atoms with E-state index >= 15 is 0 Å². The average molecular weight is 428 g/mol. The number of carbonyl (C=O) groups is 1. The molecule has 2 rings (SSSR count). The van der Waals surface area contributed by atoms with Gasteiger partial charge in [-0.05, 0) is 36.8 Å². The number of amides is 1. The molecule has 0 saturated heterocycles. The van der Waals surface area contributed by atoms with Crippen LogP contribution >= 0.6 is 0 Å². The van der Waals surface area contributed by atoms with E-state index in [0.29, 0.717) is 18.7 Å². The molecule has 0 saturated carbocycles. The van der Waals surface area contributed by atoms with Crippen LogP contribution < -0.4 is 5.32 Å². The highest BCUT2D eigenvalue weighted by Gasteiger charge is 2.35. The van der Waals surface area contributed by atoms with Gasteiger partial charge in [0.15, 0.2) is 0 Å². The number of nitrogens with zero attached hydrogens (tertiary/aromatic N) is 1. The van der Waals surface area contributed by atoms with Gasteiger partial charge in [-0.25, -0.2) is 8.42 Å². The van der Waals surface area contributed by atoms with Gasteiger partial charge in [-0.2, -0.15) is 17.5 Å². The van der Waals surface area contributed by atoms with Crippen molar-refractivity contribution in [3.63, 3.8) is 0 Å². The number of nitrogens with one attached hydrogen (secondary N) is 1. The van der Waals surface area contributed by atoms with E-state index in [9.17, 15) is 26.4 Å². The zero-order chi connectivity index (χ0) is 21.8. The van der Waals surface area contributed by atoms with Crippen molar-refractivity contribution in [2.24, 2.45) is 0 Å². The third-order valence-electron chi connectivity index (χ3n) is 4.55. The maximum absolute atomic E-state index is 13.1. The molecule has 2 aromatic rings. The molecule has 0 radical (unpaired) electrons. The van der Waals surface area contributed by atoms with E-state index in [1.165, 1.54) is 40.7 Å². The quantitative estimate of drug-likeness (QED) is 0.718. The minimum Gasteiger partial charge on any atom is -0.346 e. The summed E-state index contributed by atoms with van der Waals surface area (Å²) in [6.07, 6.45) is -4.64. The largest absolute Gasteiger partial charge is 0.417 e. The van der Waals surface area contributed by atoms with E-state index in [-0.39, 0.29) is 4.90 Å². The van der Waals surface area contributed by atoms with Crippen molar-refractivity contribution in [2.45, 2.75) is 37.9 Å². The maximum Gasteiger partial charge on any atom is 0.417 e. The minimum atomic E-state index is -4.64. The molecular formula is C20H23F3N2O3S. The number of carbonyl (C=O) groups excluding carboxylic acids is 1.